The summed E-state index contributed by atoms with van der Waals surface area (Å²) in [4.78, 5) is 11.9. The molecule has 1 amide bonds. The molecule has 94 valence electrons. The average molecular weight is 258 g/mol. The van der Waals surface area contributed by atoms with Crippen molar-refractivity contribution in [3.05, 3.63) is 23.8 Å². The van der Waals surface area contributed by atoms with Crippen LogP contribution in [0, 0.1) is 5.92 Å². The first kappa shape index (κ1) is 13.6. The number of aromatic hydroxyl groups is 2. The summed E-state index contributed by atoms with van der Waals surface area (Å²) in [5.74, 6) is -0.200. The molecule has 0 aliphatic carbocycles. The largest absolute Gasteiger partial charge is 0.508 e. The summed E-state index contributed by atoms with van der Waals surface area (Å²) in [6.07, 6.45) is 0. The Morgan fingerprint density at radius 1 is 1.41 bits per heavy atom. The molecule has 0 fully saturated rings. The Kier molecular flexibility index (Phi) is 4.63. The SMILES string of the molecule is CC(C)C(CCl)NC(=O)c1cc(O)ccc1O. The van der Waals surface area contributed by atoms with Crippen molar-refractivity contribution in [3.63, 3.8) is 0 Å². The van der Waals surface area contributed by atoms with E-state index in [0.717, 1.165) is 0 Å². The molecule has 1 aromatic rings. The van der Waals surface area contributed by atoms with E-state index in [1.807, 2.05) is 13.8 Å². The van der Waals surface area contributed by atoms with Gasteiger partial charge in [0.25, 0.3) is 5.91 Å². The molecular weight excluding hydrogens is 242 g/mol. The predicted molar refractivity (Wildman–Crippen MR) is 66.6 cm³/mol. The molecule has 1 aromatic carbocycles. The second-order valence-electron chi connectivity index (χ2n) is 4.18. The second-order valence-corrected chi connectivity index (χ2v) is 4.49. The molecule has 0 aliphatic heterocycles. The van der Waals surface area contributed by atoms with Crippen LogP contribution in [0.2, 0.25) is 0 Å². The van der Waals surface area contributed by atoms with Crippen LogP contribution in [-0.2, 0) is 0 Å². The Labute approximate surface area is 105 Å². The van der Waals surface area contributed by atoms with Crippen LogP contribution >= 0.6 is 11.6 Å². The highest BCUT2D eigenvalue weighted by molar-refractivity contribution is 6.18. The van der Waals surface area contributed by atoms with E-state index in [-0.39, 0.29) is 29.0 Å². The number of carbonyl (C=O) groups excluding carboxylic acids is 1. The van der Waals surface area contributed by atoms with Crippen molar-refractivity contribution in [2.24, 2.45) is 5.92 Å². The molecule has 0 aromatic heterocycles. The zero-order chi connectivity index (χ0) is 13.0. The fraction of sp³-hybridized carbons (Fsp3) is 0.417. The van der Waals surface area contributed by atoms with Crippen molar-refractivity contribution < 1.29 is 15.0 Å². The normalized spacial score (nSPS) is 12.5. The van der Waals surface area contributed by atoms with Crippen molar-refractivity contribution in [3.8, 4) is 11.5 Å². The number of phenols is 2. The molecule has 0 heterocycles. The molecule has 0 saturated heterocycles. The lowest BCUT2D eigenvalue weighted by molar-refractivity contribution is 0.0928. The Morgan fingerprint density at radius 2 is 2.06 bits per heavy atom. The van der Waals surface area contributed by atoms with Crippen molar-refractivity contribution >= 4 is 17.5 Å². The molecule has 5 heteroatoms. The summed E-state index contributed by atoms with van der Waals surface area (Å²) in [5.41, 5.74) is 0.0424. The molecule has 1 rings (SSSR count). The molecule has 1 unspecified atom stereocenters. The number of hydrogen-bond donors (Lipinski definition) is 3. The van der Waals surface area contributed by atoms with E-state index in [1.165, 1.54) is 18.2 Å². The minimum atomic E-state index is -0.447. The maximum Gasteiger partial charge on any atom is 0.255 e. The number of carbonyl (C=O) groups is 1. The van der Waals surface area contributed by atoms with Gasteiger partial charge in [-0.05, 0) is 24.1 Å². The number of nitrogens with one attached hydrogen (secondary N) is 1. The van der Waals surface area contributed by atoms with E-state index >= 15 is 0 Å². The molecule has 4 nitrogen and oxygen atoms in total. The molecule has 0 radical (unpaired) electrons. The lowest BCUT2D eigenvalue weighted by atomic mass is 10.1. The zero-order valence-electron chi connectivity index (χ0n) is 9.77. The van der Waals surface area contributed by atoms with Crippen molar-refractivity contribution in [1.82, 2.24) is 5.32 Å². The number of phenolic OH excluding ortho intramolecular Hbond substituents is 2. The Bertz CT molecular complexity index is 407. The Balaban J connectivity index is 2.86. The van der Waals surface area contributed by atoms with Crippen LogP contribution in [0.15, 0.2) is 18.2 Å². The van der Waals surface area contributed by atoms with Gasteiger partial charge in [0.1, 0.15) is 11.5 Å². The van der Waals surface area contributed by atoms with E-state index < -0.39 is 5.91 Å². The van der Waals surface area contributed by atoms with Gasteiger partial charge in [-0.2, -0.15) is 0 Å². The van der Waals surface area contributed by atoms with Gasteiger partial charge in [0.2, 0.25) is 0 Å². The van der Waals surface area contributed by atoms with Crippen molar-refractivity contribution in [1.29, 1.82) is 0 Å². The molecule has 1 atom stereocenters. The van der Waals surface area contributed by atoms with Crippen LogP contribution in [-0.4, -0.2) is 28.0 Å². The summed E-state index contributed by atoms with van der Waals surface area (Å²) >= 11 is 5.74. The summed E-state index contributed by atoms with van der Waals surface area (Å²) in [6, 6.07) is 3.63. The quantitative estimate of drug-likeness (QED) is 0.571. The van der Waals surface area contributed by atoms with Gasteiger partial charge in [0, 0.05) is 11.9 Å². The monoisotopic (exact) mass is 257 g/mol. The van der Waals surface area contributed by atoms with E-state index in [2.05, 4.69) is 5.32 Å². The lowest BCUT2D eigenvalue weighted by Crippen LogP contribution is -2.39. The second kappa shape index (κ2) is 5.77. The highest BCUT2D eigenvalue weighted by Crippen LogP contribution is 2.22. The van der Waals surface area contributed by atoms with Crippen molar-refractivity contribution in [2.45, 2.75) is 19.9 Å². The van der Waals surface area contributed by atoms with Crippen LogP contribution in [0.4, 0.5) is 0 Å². The molecule has 0 spiro atoms. The minimum Gasteiger partial charge on any atom is -0.508 e. The van der Waals surface area contributed by atoms with Gasteiger partial charge in [-0.15, -0.1) is 11.6 Å². The molecule has 3 N–H and O–H groups in total. The molecular formula is C12H16ClNO3. The van der Waals surface area contributed by atoms with Crippen LogP contribution in [0.1, 0.15) is 24.2 Å². The zero-order valence-corrected chi connectivity index (χ0v) is 10.5. The fourth-order valence-corrected chi connectivity index (χ4v) is 1.77. The number of amides is 1. The highest BCUT2D eigenvalue weighted by atomic mass is 35.5. The summed E-state index contributed by atoms with van der Waals surface area (Å²) in [7, 11) is 0. The van der Waals surface area contributed by atoms with Crippen LogP contribution in [0.25, 0.3) is 0 Å². The summed E-state index contributed by atoms with van der Waals surface area (Å²) < 4.78 is 0. The fourth-order valence-electron chi connectivity index (χ4n) is 1.34. The van der Waals surface area contributed by atoms with Gasteiger partial charge in [-0.25, -0.2) is 0 Å². The average Bonchev–Trinajstić information content (AvgIpc) is 2.28. The third-order valence-electron chi connectivity index (χ3n) is 2.51. The van der Waals surface area contributed by atoms with E-state index in [1.54, 1.807) is 0 Å². The number of halogens is 1. The maximum atomic E-state index is 11.9. The lowest BCUT2D eigenvalue weighted by Gasteiger charge is -2.20. The van der Waals surface area contributed by atoms with Crippen molar-refractivity contribution in [2.75, 3.05) is 5.88 Å². The summed E-state index contributed by atoms with van der Waals surface area (Å²) in [6.45, 7) is 3.88. The number of benzene rings is 1. The van der Waals surface area contributed by atoms with Gasteiger partial charge >= 0.3 is 0 Å². The van der Waals surface area contributed by atoms with Crippen LogP contribution < -0.4 is 5.32 Å². The van der Waals surface area contributed by atoms with Gasteiger partial charge in [-0.3, -0.25) is 4.79 Å². The van der Waals surface area contributed by atoms with Gasteiger partial charge < -0.3 is 15.5 Å². The molecule has 0 aliphatic rings. The van der Waals surface area contributed by atoms with Crippen LogP contribution in [0.3, 0.4) is 0 Å². The molecule has 0 saturated carbocycles. The summed E-state index contributed by atoms with van der Waals surface area (Å²) in [5, 5.41) is 21.5. The number of alkyl halides is 1. The smallest absolute Gasteiger partial charge is 0.255 e. The third kappa shape index (κ3) is 3.53. The highest BCUT2D eigenvalue weighted by Gasteiger charge is 2.18. The van der Waals surface area contributed by atoms with Gasteiger partial charge in [0.05, 0.1) is 5.56 Å². The predicted octanol–water partition coefficient (Wildman–Crippen LogP) is 2.09. The first-order valence-electron chi connectivity index (χ1n) is 5.34. The molecule has 17 heavy (non-hydrogen) atoms. The Hall–Kier alpha value is -1.42. The van der Waals surface area contributed by atoms with Crippen LogP contribution in [0.5, 0.6) is 11.5 Å². The first-order chi connectivity index (χ1) is 7.95. The standard InChI is InChI=1S/C12H16ClNO3/c1-7(2)10(6-13)14-12(17)9-5-8(15)3-4-11(9)16/h3-5,7,10,15-16H,6H2,1-2H3,(H,14,17). The number of rotatable bonds is 4. The first-order valence-corrected chi connectivity index (χ1v) is 5.88. The third-order valence-corrected chi connectivity index (χ3v) is 2.84. The minimum absolute atomic E-state index is 0.0424. The van der Waals surface area contributed by atoms with E-state index in [9.17, 15) is 15.0 Å². The Morgan fingerprint density at radius 3 is 2.59 bits per heavy atom. The topological polar surface area (TPSA) is 69.6 Å². The maximum absolute atomic E-state index is 11.9. The van der Waals surface area contributed by atoms with Gasteiger partial charge in [0.15, 0.2) is 0 Å². The van der Waals surface area contributed by atoms with E-state index in [4.69, 9.17) is 11.6 Å². The van der Waals surface area contributed by atoms with E-state index in [0.29, 0.717) is 5.88 Å². The number of hydrogen-bond acceptors (Lipinski definition) is 3. The van der Waals surface area contributed by atoms with Gasteiger partial charge in [-0.1, -0.05) is 13.8 Å². The molecule has 0 bridgehead atoms.